The minimum absolute atomic E-state index is 0.576. The third kappa shape index (κ3) is 2.07. The highest BCUT2D eigenvalue weighted by atomic mass is 35.5. The highest BCUT2D eigenvalue weighted by Crippen LogP contribution is 2.33. The van der Waals surface area contributed by atoms with Gasteiger partial charge in [0.15, 0.2) is 0 Å². The Morgan fingerprint density at radius 2 is 2.20 bits per heavy atom. The van der Waals surface area contributed by atoms with Crippen LogP contribution in [0.3, 0.4) is 0 Å². The zero-order valence-electron chi connectivity index (χ0n) is 8.46. The summed E-state index contributed by atoms with van der Waals surface area (Å²) in [5.41, 5.74) is 9.30. The number of nitrogens with two attached hydrogens (primary N) is 1. The maximum atomic E-state index is 5.98. The summed E-state index contributed by atoms with van der Waals surface area (Å²) in [6, 6.07) is 7.90. The van der Waals surface area contributed by atoms with E-state index in [1.54, 1.807) is 11.3 Å². The standard InChI is InChI=1S/C12H12ClNS/c1-8-12(10(6-14)7-15-8)9-3-2-4-11(13)5-9/h2-5,7H,6,14H2,1H3. The van der Waals surface area contributed by atoms with Crippen molar-refractivity contribution in [2.45, 2.75) is 13.5 Å². The lowest BCUT2D eigenvalue weighted by atomic mass is 10.0. The Morgan fingerprint density at radius 1 is 1.40 bits per heavy atom. The molecule has 1 heterocycles. The summed E-state index contributed by atoms with van der Waals surface area (Å²) in [4.78, 5) is 1.29. The van der Waals surface area contributed by atoms with E-state index in [-0.39, 0.29) is 0 Å². The van der Waals surface area contributed by atoms with Crippen molar-refractivity contribution in [3.63, 3.8) is 0 Å². The molecule has 0 fully saturated rings. The van der Waals surface area contributed by atoms with Crippen LogP contribution in [-0.4, -0.2) is 0 Å². The fraction of sp³-hybridized carbons (Fsp3) is 0.167. The first kappa shape index (κ1) is 10.7. The van der Waals surface area contributed by atoms with Crippen molar-refractivity contribution in [1.29, 1.82) is 0 Å². The molecule has 0 aliphatic carbocycles. The Kier molecular flexibility index (Phi) is 3.10. The first-order valence-electron chi connectivity index (χ1n) is 4.75. The molecule has 1 aromatic heterocycles. The smallest absolute Gasteiger partial charge is 0.0412 e. The Morgan fingerprint density at radius 3 is 2.87 bits per heavy atom. The summed E-state index contributed by atoms with van der Waals surface area (Å²) >= 11 is 7.71. The number of hydrogen-bond donors (Lipinski definition) is 1. The van der Waals surface area contributed by atoms with Gasteiger partial charge in [-0.3, -0.25) is 0 Å². The van der Waals surface area contributed by atoms with E-state index in [2.05, 4.69) is 18.4 Å². The van der Waals surface area contributed by atoms with Gasteiger partial charge in [0.1, 0.15) is 0 Å². The normalized spacial score (nSPS) is 10.6. The number of hydrogen-bond acceptors (Lipinski definition) is 2. The number of aryl methyl sites for hydroxylation is 1. The van der Waals surface area contributed by atoms with Crippen LogP contribution >= 0.6 is 22.9 Å². The van der Waals surface area contributed by atoms with Gasteiger partial charge in [-0.15, -0.1) is 11.3 Å². The van der Waals surface area contributed by atoms with Gasteiger partial charge in [-0.1, -0.05) is 23.7 Å². The number of halogens is 1. The topological polar surface area (TPSA) is 26.0 Å². The summed E-state index contributed by atoms with van der Waals surface area (Å²) in [5.74, 6) is 0. The summed E-state index contributed by atoms with van der Waals surface area (Å²) in [7, 11) is 0. The van der Waals surface area contributed by atoms with E-state index in [1.165, 1.54) is 16.0 Å². The lowest BCUT2D eigenvalue weighted by Crippen LogP contribution is -1.96. The molecule has 0 saturated heterocycles. The molecule has 15 heavy (non-hydrogen) atoms. The molecule has 78 valence electrons. The summed E-state index contributed by atoms with van der Waals surface area (Å²) in [5, 5.41) is 2.88. The molecule has 0 spiro atoms. The number of rotatable bonds is 2. The maximum absolute atomic E-state index is 5.98. The zero-order chi connectivity index (χ0) is 10.8. The molecule has 3 heteroatoms. The number of benzene rings is 1. The average molecular weight is 238 g/mol. The van der Waals surface area contributed by atoms with Gasteiger partial charge >= 0.3 is 0 Å². The van der Waals surface area contributed by atoms with Gasteiger partial charge in [-0.05, 0) is 41.1 Å². The van der Waals surface area contributed by atoms with Crippen LogP contribution in [0.4, 0.5) is 0 Å². The Bertz CT molecular complexity index is 476. The van der Waals surface area contributed by atoms with Crippen molar-refractivity contribution >= 4 is 22.9 Å². The molecule has 1 aromatic carbocycles. The van der Waals surface area contributed by atoms with E-state index in [1.807, 2.05) is 18.2 Å². The second kappa shape index (κ2) is 4.35. The van der Waals surface area contributed by atoms with Gasteiger partial charge in [0.2, 0.25) is 0 Å². The van der Waals surface area contributed by atoms with Crippen molar-refractivity contribution in [3.8, 4) is 11.1 Å². The highest BCUT2D eigenvalue weighted by Gasteiger charge is 2.09. The van der Waals surface area contributed by atoms with E-state index in [4.69, 9.17) is 17.3 Å². The molecule has 2 rings (SSSR count). The molecular formula is C12H12ClNS. The molecule has 0 aliphatic heterocycles. The molecule has 0 atom stereocenters. The molecule has 0 amide bonds. The molecule has 0 aliphatic rings. The molecule has 0 bridgehead atoms. The molecule has 0 saturated carbocycles. The van der Waals surface area contributed by atoms with Crippen molar-refractivity contribution in [2.75, 3.05) is 0 Å². The van der Waals surface area contributed by atoms with E-state index in [0.717, 1.165) is 10.6 Å². The Labute approximate surface area is 98.5 Å². The predicted molar refractivity (Wildman–Crippen MR) is 67.4 cm³/mol. The van der Waals surface area contributed by atoms with Gasteiger partial charge in [-0.25, -0.2) is 0 Å². The van der Waals surface area contributed by atoms with Crippen LogP contribution in [0, 0.1) is 6.92 Å². The fourth-order valence-electron chi connectivity index (χ4n) is 1.69. The molecule has 1 nitrogen and oxygen atoms in total. The third-order valence-electron chi connectivity index (χ3n) is 2.38. The second-order valence-corrected chi connectivity index (χ2v) is 4.93. The monoisotopic (exact) mass is 237 g/mol. The van der Waals surface area contributed by atoms with Crippen LogP contribution in [0.25, 0.3) is 11.1 Å². The van der Waals surface area contributed by atoms with Crippen LogP contribution < -0.4 is 5.73 Å². The Balaban J connectivity index is 2.57. The van der Waals surface area contributed by atoms with Crippen LogP contribution in [0.1, 0.15) is 10.4 Å². The SMILES string of the molecule is Cc1scc(CN)c1-c1cccc(Cl)c1. The quantitative estimate of drug-likeness (QED) is 0.844. The van der Waals surface area contributed by atoms with E-state index in [9.17, 15) is 0 Å². The molecular weight excluding hydrogens is 226 g/mol. The van der Waals surface area contributed by atoms with Crippen LogP contribution in [0.15, 0.2) is 29.6 Å². The van der Waals surface area contributed by atoms with Crippen LogP contribution in [0.2, 0.25) is 5.02 Å². The molecule has 2 N–H and O–H groups in total. The highest BCUT2D eigenvalue weighted by molar-refractivity contribution is 7.10. The van der Waals surface area contributed by atoms with Gasteiger partial charge < -0.3 is 5.73 Å². The van der Waals surface area contributed by atoms with Crippen molar-refractivity contribution in [2.24, 2.45) is 5.73 Å². The summed E-state index contributed by atoms with van der Waals surface area (Å²) < 4.78 is 0. The molecule has 0 unspecified atom stereocenters. The third-order valence-corrected chi connectivity index (χ3v) is 3.58. The van der Waals surface area contributed by atoms with Gasteiger partial charge in [0.05, 0.1) is 0 Å². The first-order valence-corrected chi connectivity index (χ1v) is 6.01. The van der Waals surface area contributed by atoms with Crippen LogP contribution in [0.5, 0.6) is 0 Å². The summed E-state index contributed by atoms with van der Waals surface area (Å²) in [6.07, 6.45) is 0. The second-order valence-electron chi connectivity index (χ2n) is 3.41. The Hall–Kier alpha value is -0.830. The minimum Gasteiger partial charge on any atom is -0.326 e. The van der Waals surface area contributed by atoms with E-state index in [0.29, 0.717) is 6.54 Å². The number of thiophene rings is 1. The molecule has 0 radical (unpaired) electrons. The maximum Gasteiger partial charge on any atom is 0.0412 e. The predicted octanol–water partition coefficient (Wildman–Crippen LogP) is 3.84. The lowest BCUT2D eigenvalue weighted by molar-refractivity contribution is 1.08. The van der Waals surface area contributed by atoms with Gasteiger partial charge in [0.25, 0.3) is 0 Å². The van der Waals surface area contributed by atoms with Gasteiger partial charge in [-0.2, -0.15) is 0 Å². The summed E-state index contributed by atoms with van der Waals surface area (Å²) in [6.45, 7) is 2.69. The van der Waals surface area contributed by atoms with Gasteiger partial charge in [0, 0.05) is 16.4 Å². The van der Waals surface area contributed by atoms with Crippen molar-refractivity contribution < 1.29 is 0 Å². The van der Waals surface area contributed by atoms with Crippen molar-refractivity contribution in [1.82, 2.24) is 0 Å². The minimum atomic E-state index is 0.576. The van der Waals surface area contributed by atoms with E-state index >= 15 is 0 Å². The first-order chi connectivity index (χ1) is 7.22. The van der Waals surface area contributed by atoms with E-state index < -0.39 is 0 Å². The van der Waals surface area contributed by atoms with Crippen LogP contribution in [-0.2, 0) is 6.54 Å². The largest absolute Gasteiger partial charge is 0.326 e. The fourth-order valence-corrected chi connectivity index (χ4v) is 2.78. The zero-order valence-corrected chi connectivity index (χ0v) is 10.0. The average Bonchev–Trinajstić information content (AvgIpc) is 2.59. The van der Waals surface area contributed by atoms with Crippen molar-refractivity contribution in [3.05, 3.63) is 45.1 Å². The molecule has 2 aromatic rings. The lowest BCUT2D eigenvalue weighted by Gasteiger charge is -2.04.